The van der Waals surface area contributed by atoms with Gasteiger partial charge >= 0.3 is 0 Å². The molecule has 0 atom stereocenters. The Morgan fingerprint density at radius 1 is 1.20 bits per heavy atom. The number of rotatable bonds is 1. The van der Waals surface area contributed by atoms with Gasteiger partial charge in [0.1, 0.15) is 0 Å². The lowest BCUT2D eigenvalue weighted by atomic mass is 10.2. The Kier molecular flexibility index (Phi) is 2.58. The molecule has 0 heterocycles. The van der Waals surface area contributed by atoms with Crippen molar-refractivity contribution in [3.8, 4) is 0 Å². The Labute approximate surface area is 70.8 Å². The van der Waals surface area contributed by atoms with Crippen molar-refractivity contribution in [2.75, 3.05) is 0 Å². The SMILES string of the molecule is C[CH]c1c(Cl)cccc1Cl. The number of hydrogen-bond donors (Lipinski definition) is 0. The van der Waals surface area contributed by atoms with Crippen LogP contribution >= 0.6 is 23.2 Å². The molecular weight excluding hydrogens is 167 g/mol. The fourth-order valence-electron chi connectivity index (χ4n) is 0.786. The lowest BCUT2D eigenvalue weighted by Crippen LogP contribution is -1.79. The highest BCUT2D eigenvalue weighted by atomic mass is 35.5. The smallest absolute Gasteiger partial charge is 0.0455 e. The van der Waals surface area contributed by atoms with Crippen molar-refractivity contribution in [3.05, 3.63) is 40.2 Å². The highest BCUT2D eigenvalue weighted by Crippen LogP contribution is 2.24. The van der Waals surface area contributed by atoms with E-state index in [0.29, 0.717) is 10.0 Å². The van der Waals surface area contributed by atoms with Gasteiger partial charge in [0, 0.05) is 10.0 Å². The maximum Gasteiger partial charge on any atom is 0.0455 e. The average molecular weight is 174 g/mol. The summed E-state index contributed by atoms with van der Waals surface area (Å²) in [6.45, 7) is 1.91. The van der Waals surface area contributed by atoms with Crippen LogP contribution in [0.25, 0.3) is 0 Å². The molecule has 0 N–H and O–H groups in total. The van der Waals surface area contributed by atoms with E-state index in [1.807, 2.05) is 31.5 Å². The minimum Gasteiger partial charge on any atom is -0.0840 e. The van der Waals surface area contributed by atoms with Crippen molar-refractivity contribution < 1.29 is 0 Å². The predicted molar refractivity (Wildman–Crippen MR) is 45.5 cm³/mol. The van der Waals surface area contributed by atoms with Crippen LogP contribution in [0, 0.1) is 6.42 Å². The predicted octanol–water partition coefficient (Wildman–Crippen LogP) is 3.57. The van der Waals surface area contributed by atoms with E-state index >= 15 is 0 Å². The summed E-state index contributed by atoms with van der Waals surface area (Å²) in [5.41, 5.74) is 0.908. The monoisotopic (exact) mass is 173 g/mol. The molecule has 0 aliphatic rings. The summed E-state index contributed by atoms with van der Waals surface area (Å²) in [5, 5.41) is 1.41. The molecule has 0 aromatic heterocycles. The first-order valence-corrected chi connectivity index (χ1v) is 3.74. The molecule has 1 aromatic carbocycles. The Morgan fingerprint density at radius 3 is 2.00 bits per heavy atom. The van der Waals surface area contributed by atoms with E-state index in [9.17, 15) is 0 Å². The van der Waals surface area contributed by atoms with Crippen molar-refractivity contribution in [2.45, 2.75) is 6.92 Å². The van der Waals surface area contributed by atoms with Gasteiger partial charge in [0.25, 0.3) is 0 Å². The maximum atomic E-state index is 5.81. The molecule has 10 heavy (non-hydrogen) atoms. The molecule has 0 saturated carbocycles. The van der Waals surface area contributed by atoms with E-state index in [-0.39, 0.29) is 0 Å². The summed E-state index contributed by atoms with van der Waals surface area (Å²) in [5.74, 6) is 0. The summed E-state index contributed by atoms with van der Waals surface area (Å²) < 4.78 is 0. The van der Waals surface area contributed by atoms with Crippen LogP contribution < -0.4 is 0 Å². The molecule has 0 bridgehead atoms. The summed E-state index contributed by atoms with van der Waals surface area (Å²) in [4.78, 5) is 0. The van der Waals surface area contributed by atoms with E-state index in [2.05, 4.69) is 0 Å². The van der Waals surface area contributed by atoms with Crippen molar-refractivity contribution in [3.63, 3.8) is 0 Å². The van der Waals surface area contributed by atoms with Crippen LogP contribution in [-0.2, 0) is 0 Å². The zero-order chi connectivity index (χ0) is 7.56. The van der Waals surface area contributed by atoms with Gasteiger partial charge in [-0.15, -0.1) is 0 Å². The second-order valence-electron chi connectivity index (χ2n) is 1.92. The lowest BCUT2D eigenvalue weighted by Gasteiger charge is -2.00. The molecule has 1 rings (SSSR count). The van der Waals surface area contributed by atoms with Gasteiger partial charge in [0.05, 0.1) is 0 Å². The van der Waals surface area contributed by atoms with Crippen LogP contribution in [0.3, 0.4) is 0 Å². The molecule has 0 nitrogen and oxygen atoms in total. The maximum absolute atomic E-state index is 5.81. The Balaban J connectivity index is 3.17. The number of benzene rings is 1. The van der Waals surface area contributed by atoms with Crippen LogP contribution in [0.4, 0.5) is 0 Å². The summed E-state index contributed by atoms with van der Waals surface area (Å²) in [7, 11) is 0. The van der Waals surface area contributed by atoms with Gasteiger partial charge in [0.15, 0.2) is 0 Å². The molecule has 53 valence electrons. The van der Waals surface area contributed by atoms with Crippen LogP contribution in [0.1, 0.15) is 12.5 Å². The standard InChI is InChI=1S/C8H7Cl2/c1-2-6-7(9)4-3-5-8(6)10/h2-5H,1H3. The topological polar surface area (TPSA) is 0 Å². The quantitative estimate of drug-likeness (QED) is 0.610. The van der Waals surface area contributed by atoms with E-state index in [1.54, 1.807) is 0 Å². The Hall–Kier alpha value is -0.200. The van der Waals surface area contributed by atoms with Crippen molar-refractivity contribution in [1.82, 2.24) is 0 Å². The summed E-state index contributed by atoms with van der Waals surface area (Å²) in [6.07, 6.45) is 1.89. The highest BCUT2D eigenvalue weighted by molar-refractivity contribution is 6.36. The largest absolute Gasteiger partial charge is 0.0840 e. The minimum absolute atomic E-state index is 0.704. The molecule has 0 amide bonds. The van der Waals surface area contributed by atoms with Crippen LogP contribution in [0.5, 0.6) is 0 Å². The van der Waals surface area contributed by atoms with Crippen molar-refractivity contribution in [1.29, 1.82) is 0 Å². The molecular formula is C8H7Cl2. The van der Waals surface area contributed by atoms with Gasteiger partial charge in [-0.3, -0.25) is 0 Å². The van der Waals surface area contributed by atoms with E-state index in [4.69, 9.17) is 23.2 Å². The van der Waals surface area contributed by atoms with Gasteiger partial charge in [-0.2, -0.15) is 0 Å². The Morgan fingerprint density at radius 2 is 1.70 bits per heavy atom. The molecule has 0 aliphatic heterocycles. The van der Waals surface area contributed by atoms with Crippen molar-refractivity contribution >= 4 is 23.2 Å². The zero-order valence-corrected chi connectivity index (χ0v) is 7.08. The van der Waals surface area contributed by atoms with Crippen LogP contribution in [-0.4, -0.2) is 0 Å². The van der Waals surface area contributed by atoms with Crippen LogP contribution in [0.2, 0.25) is 10.0 Å². The first kappa shape index (κ1) is 7.90. The van der Waals surface area contributed by atoms with Gasteiger partial charge < -0.3 is 0 Å². The first-order chi connectivity index (χ1) is 4.75. The molecule has 0 fully saturated rings. The fraction of sp³-hybridized carbons (Fsp3) is 0.125. The molecule has 0 unspecified atom stereocenters. The van der Waals surface area contributed by atoms with E-state index in [1.165, 1.54) is 0 Å². The molecule has 0 aliphatic carbocycles. The second kappa shape index (κ2) is 3.27. The second-order valence-corrected chi connectivity index (χ2v) is 2.74. The van der Waals surface area contributed by atoms with Gasteiger partial charge in [-0.1, -0.05) is 36.2 Å². The van der Waals surface area contributed by atoms with Gasteiger partial charge in [-0.05, 0) is 24.1 Å². The summed E-state index contributed by atoms with van der Waals surface area (Å²) in [6, 6.07) is 5.48. The van der Waals surface area contributed by atoms with E-state index in [0.717, 1.165) is 5.56 Å². The number of hydrogen-bond acceptors (Lipinski definition) is 0. The third-order valence-corrected chi connectivity index (χ3v) is 1.95. The molecule has 1 aromatic rings. The first-order valence-electron chi connectivity index (χ1n) is 2.99. The Bertz CT molecular complexity index is 210. The highest BCUT2D eigenvalue weighted by Gasteiger charge is 2.00. The molecule has 0 saturated heterocycles. The number of halogens is 2. The molecule has 1 radical (unpaired) electrons. The molecule has 2 heteroatoms. The van der Waals surface area contributed by atoms with Gasteiger partial charge in [-0.25, -0.2) is 0 Å². The lowest BCUT2D eigenvalue weighted by molar-refractivity contribution is 1.42. The third-order valence-electron chi connectivity index (χ3n) is 1.29. The molecule has 0 spiro atoms. The van der Waals surface area contributed by atoms with Gasteiger partial charge in [0.2, 0.25) is 0 Å². The van der Waals surface area contributed by atoms with Crippen molar-refractivity contribution in [2.24, 2.45) is 0 Å². The minimum atomic E-state index is 0.704. The zero-order valence-electron chi connectivity index (χ0n) is 5.57. The summed E-state index contributed by atoms with van der Waals surface area (Å²) >= 11 is 11.6. The third kappa shape index (κ3) is 1.44. The normalized spacial score (nSPS) is 9.90. The fourth-order valence-corrected chi connectivity index (χ4v) is 1.40. The average Bonchev–Trinajstić information content (AvgIpc) is 1.88. The van der Waals surface area contributed by atoms with E-state index < -0.39 is 0 Å². The van der Waals surface area contributed by atoms with Crippen LogP contribution in [0.15, 0.2) is 18.2 Å².